The van der Waals surface area contributed by atoms with Gasteiger partial charge in [-0.3, -0.25) is 0 Å². The van der Waals surface area contributed by atoms with Crippen molar-refractivity contribution < 1.29 is 4.79 Å². The van der Waals surface area contributed by atoms with Gasteiger partial charge in [0.25, 0.3) is 0 Å². The monoisotopic (exact) mass is 344 g/mol. The van der Waals surface area contributed by atoms with Gasteiger partial charge in [-0.15, -0.1) is 11.3 Å². The van der Waals surface area contributed by atoms with Crippen LogP contribution in [0.25, 0.3) is 0 Å². The van der Waals surface area contributed by atoms with Gasteiger partial charge in [0.15, 0.2) is 5.13 Å². The number of hydrogen-bond acceptors (Lipinski definition) is 4. The second-order valence-corrected chi connectivity index (χ2v) is 6.85. The number of aromatic nitrogens is 1. The standard InChI is InChI=1S/C18H24N4OS/c23-17(20-13-15-7-3-1-4-8-15)19-10-9-16-14-24-18(21-16)22-11-5-2-6-12-22/h1,3-4,7-8,14H,2,5-6,9-13H2,(H2,19,20,23). The molecule has 2 aromatic rings. The van der Waals surface area contributed by atoms with E-state index in [-0.39, 0.29) is 6.03 Å². The molecule has 0 unspecified atom stereocenters. The van der Waals surface area contributed by atoms with Crippen molar-refractivity contribution in [1.82, 2.24) is 15.6 Å². The molecule has 1 aliphatic rings. The zero-order valence-corrected chi connectivity index (χ0v) is 14.6. The summed E-state index contributed by atoms with van der Waals surface area (Å²) >= 11 is 1.71. The summed E-state index contributed by atoms with van der Waals surface area (Å²) in [5, 5.41) is 8.99. The molecule has 2 heterocycles. The highest BCUT2D eigenvalue weighted by Gasteiger charge is 2.14. The van der Waals surface area contributed by atoms with Crippen LogP contribution in [0.15, 0.2) is 35.7 Å². The molecule has 1 fully saturated rings. The SMILES string of the molecule is O=C(NCCc1csc(N2CCCCC2)n1)NCc1ccccc1. The van der Waals surface area contributed by atoms with Crippen molar-refractivity contribution in [3.05, 3.63) is 47.0 Å². The molecule has 0 atom stereocenters. The number of nitrogens with one attached hydrogen (secondary N) is 2. The fourth-order valence-electron chi connectivity index (χ4n) is 2.79. The van der Waals surface area contributed by atoms with Gasteiger partial charge in [-0.2, -0.15) is 0 Å². The molecule has 128 valence electrons. The number of piperidine rings is 1. The van der Waals surface area contributed by atoms with Gasteiger partial charge in [-0.1, -0.05) is 30.3 Å². The molecule has 0 spiro atoms. The Labute approximate surface area is 147 Å². The number of carbonyl (C=O) groups is 1. The third-order valence-corrected chi connectivity index (χ3v) is 5.08. The van der Waals surface area contributed by atoms with Crippen LogP contribution in [0.1, 0.15) is 30.5 Å². The molecule has 3 rings (SSSR count). The van der Waals surface area contributed by atoms with Crippen LogP contribution in [0.3, 0.4) is 0 Å². The van der Waals surface area contributed by atoms with Crippen LogP contribution in [0.5, 0.6) is 0 Å². The molecule has 6 heteroatoms. The van der Waals surface area contributed by atoms with E-state index in [9.17, 15) is 4.79 Å². The predicted octanol–water partition coefficient (Wildman–Crippen LogP) is 3.18. The Morgan fingerprint density at radius 1 is 1.12 bits per heavy atom. The van der Waals surface area contributed by atoms with Gasteiger partial charge in [-0.25, -0.2) is 9.78 Å². The smallest absolute Gasteiger partial charge is 0.315 e. The molecule has 5 nitrogen and oxygen atoms in total. The molecular formula is C18H24N4OS. The zero-order valence-electron chi connectivity index (χ0n) is 13.8. The maximum atomic E-state index is 11.8. The minimum atomic E-state index is -0.134. The molecular weight excluding hydrogens is 320 g/mol. The fraction of sp³-hybridized carbons (Fsp3) is 0.444. The molecule has 0 aliphatic carbocycles. The third kappa shape index (κ3) is 4.96. The lowest BCUT2D eigenvalue weighted by Crippen LogP contribution is -2.36. The molecule has 0 saturated carbocycles. The summed E-state index contributed by atoms with van der Waals surface area (Å²) in [4.78, 5) is 18.9. The first-order valence-electron chi connectivity index (χ1n) is 8.56. The first kappa shape index (κ1) is 16.8. The van der Waals surface area contributed by atoms with E-state index in [4.69, 9.17) is 4.98 Å². The topological polar surface area (TPSA) is 57.3 Å². The normalized spacial score (nSPS) is 14.4. The molecule has 0 bridgehead atoms. The predicted molar refractivity (Wildman–Crippen MR) is 98.6 cm³/mol. The Bertz CT molecular complexity index is 637. The van der Waals surface area contributed by atoms with E-state index < -0.39 is 0 Å². The van der Waals surface area contributed by atoms with E-state index >= 15 is 0 Å². The Kier molecular flexibility index (Phi) is 6.07. The highest BCUT2D eigenvalue weighted by atomic mass is 32.1. The number of anilines is 1. The average Bonchev–Trinajstić information content (AvgIpc) is 3.11. The van der Waals surface area contributed by atoms with Crippen molar-refractivity contribution in [3.63, 3.8) is 0 Å². The van der Waals surface area contributed by atoms with Gasteiger partial charge in [-0.05, 0) is 24.8 Å². The highest BCUT2D eigenvalue weighted by molar-refractivity contribution is 7.13. The van der Waals surface area contributed by atoms with Crippen LogP contribution in [0, 0.1) is 0 Å². The lowest BCUT2D eigenvalue weighted by atomic mass is 10.1. The maximum Gasteiger partial charge on any atom is 0.315 e. The molecule has 1 aromatic heterocycles. The number of carbonyl (C=O) groups excluding carboxylic acids is 1. The van der Waals surface area contributed by atoms with Gasteiger partial charge in [0, 0.05) is 38.0 Å². The van der Waals surface area contributed by atoms with Gasteiger partial charge >= 0.3 is 6.03 Å². The number of urea groups is 1. The summed E-state index contributed by atoms with van der Waals surface area (Å²) in [6.45, 7) is 3.38. The van der Waals surface area contributed by atoms with Crippen molar-refractivity contribution in [2.45, 2.75) is 32.2 Å². The Morgan fingerprint density at radius 2 is 1.92 bits per heavy atom. The first-order valence-corrected chi connectivity index (χ1v) is 9.44. The Balaban J connectivity index is 1.37. The number of amides is 2. The molecule has 1 aromatic carbocycles. The van der Waals surface area contributed by atoms with E-state index in [1.807, 2.05) is 30.3 Å². The van der Waals surface area contributed by atoms with E-state index in [0.29, 0.717) is 13.1 Å². The van der Waals surface area contributed by atoms with E-state index in [1.54, 1.807) is 11.3 Å². The van der Waals surface area contributed by atoms with Crippen molar-refractivity contribution in [2.24, 2.45) is 0 Å². The summed E-state index contributed by atoms with van der Waals surface area (Å²) in [5.74, 6) is 0. The molecule has 2 amide bonds. The first-order chi connectivity index (χ1) is 11.8. The summed E-state index contributed by atoms with van der Waals surface area (Å²) in [6.07, 6.45) is 4.62. The van der Waals surface area contributed by atoms with Crippen LogP contribution in [0.2, 0.25) is 0 Å². The van der Waals surface area contributed by atoms with Gasteiger partial charge in [0.2, 0.25) is 0 Å². The highest BCUT2D eigenvalue weighted by Crippen LogP contribution is 2.23. The lowest BCUT2D eigenvalue weighted by Gasteiger charge is -2.25. The van der Waals surface area contributed by atoms with E-state index in [1.165, 1.54) is 19.3 Å². The van der Waals surface area contributed by atoms with Crippen LogP contribution in [0.4, 0.5) is 9.93 Å². The van der Waals surface area contributed by atoms with Crippen LogP contribution in [-0.2, 0) is 13.0 Å². The van der Waals surface area contributed by atoms with E-state index in [0.717, 1.165) is 35.9 Å². The van der Waals surface area contributed by atoms with Crippen molar-refractivity contribution in [3.8, 4) is 0 Å². The number of rotatable bonds is 6. The van der Waals surface area contributed by atoms with Gasteiger partial charge in [0.05, 0.1) is 5.69 Å². The van der Waals surface area contributed by atoms with Crippen LogP contribution >= 0.6 is 11.3 Å². The summed E-state index contributed by atoms with van der Waals surface area (Å²) < 4.78 is 0. The number of benzene rings is 1. The number of thiazole rings is 1. The minimum Gasteiger partial charge on any atom is -0.348 e. The zero-order chi connectivity index (χ0) is 16.6. The molecule has 2 N–H and O–H groups in total. The number of nitrogens with zero attached hydrogens (tertiary/aromatic N) is 2. The fourth-order valence-corrected chi connectivity index (χ4v) is 3.70. The quantitative estimate of drug-likeness (QED) is 0.846. The third-order valence-electron chi connectivity index (χ3n) is 4.13. The Hall–Kier alpha value is -2.08. The van der Waals surface area contributed by atoms with Gasteiger partial charge < -0.3 is 15.5 Å². The maximum absolute atomic E-state index is 11.8. The Morgan fingerprint density at radius 3 is 2.71 bits per heavy atom. The summed E-state index contributed by atoms with van der Waals surface area (Å²) in [6, 6.07) is 9.77. The minimum absolute atomic E-state index is 0.134. The van der Waals surface area contributed by atoms with E-state index in [2.05, 4.69) is 20.9 Å². The molecule has 1 saturated heterocycles. The second-order valence-electron chi connectivity index (χ2n) is 6.01. The lowest BCUT2D eigenvalue weighted by molar-refractivity contribution is 0.240. The van der Waals surface area contributed by atoms with Gasteiger partial charge in [0.1, 0.15) is 0 Å². The molecule has 1 aliphatic heterocycles. The van der Waals surface area contributed by atoms with Crippen LogP contribution in [-0.4, -0.2) is 30.6 Å². The number of hydrogen-bond donors (Lipinski definition) is 2. The van der Waals surface area contributed by atoms with Crippen molar-refractivity contribution in [2.75, 3.05) is 24.5 Å². The van der Waals surface area contributed by atoms with Crippen LogP contribution < -0.4 is 15.5 Å². The average molecular weight is 344 g/mol. The second kappa shape index (κ2) is 8.68. The largest absolute Gasteiger partial charge is 0.348 e. The molecule has 0 radical (unpaired) electrons. The summed E-state index contributed by atoms with van der Waals surface area (Å²) in [7, 11) is 0. The summed E-state index contributed by atoms with van der Waals surface area (Å²) in [5.41, 5.74) is 2.15. The van der Waals surface area contributed by atoms with Crippen molar-refractivity contribution in [1.29, 1.82) is 0 Å². The molecule has 24 heavy (non-hydrogen) atoms. The van der Waals surface area contributed by atoms with Crippen molar-refractivity contribution >= 4 is 22.5 Å².